The molecule has 21 heavy (non-hydrogen) atoms. The van der Waals surface area contributed by atoms with Crippen molar-refractivity contribution in [3.8, 4) is 6.07 Å². The minimum atomic E-state index is -0.910. The number of rotatable bonds is 5. The predicted octanol–water partition coefficient (Wildman–Crippen LogP) is 2.06. The van der Waals surface area contributed by atoms with E-state index in [0.717, 1.165) is 12.8 Å². The number of carboxylic acids is 1. The van der Waals surface area contributed by atoms with Crippen LogP contribution in [0.2, 0.25) is 0 Å². The number of hydrogen-bond acceptors (Lipinski definition) is 6. The lowest BCUT2D eigenvalue weighted by Gasteiger charge is -2.29. The van der Waals surface area contributed by atoms with Crippen molar-refractivity contribution in [2.24, 2.45) is 0 Å². The predicted molar refractivity (Wildman–Crippen MR) is 72.7 cm³/mol. The van der Waals surface area contributed by atoms with E-state index in [1.165, 1.54) is 12.1 Å². The van der Waals surface area contributed by atoms with E-state index in [1.54, 1.807) is 6.07 Å². The second kappa shape index (κ2) is 5.75. The van der Waals surface area contributed by atoms with Gasteiger partial charge in [-0.2, -0.15) is 5.26 Å². The lowest BCUT2D eigenvalue weighted by Crippen LogP contribution is -2.37. The van der Waals surface area contributed by atoms with Gasteiger partial charge in [0.25, 0.3) is 0 Å². The van der Waals surface area contributed by atoms with Gasteiger partial charge in [-0.15, -0.1) is 0 Å². The molecule has 0 saturated heterocycles. The van der Waals surface area contributed by atoms with E-state index in [2.05, 4.69) is 10.3 Å². The molecule has 2 rings (SSSR count). The Morgan fingerprint density at radius 3 is 2.71 bits per heavy atom. The van der Waals surface area contributed by atoms with Crippen molar-refractivity contribution in [2.75, 3.05) is 5.32 Å². The van der Waals surface area contributed by atoms with Gasteiger partial charge in [0.15, 0.2) is 0 Å². The summed E-state index contributed by atoms with van der Waals surface area (Å²) in [7, 11) is 0. The van der Waals surface area contributed by atoms with Crippen molar-refractivity contribution in [1.82, 2.24) is 4.98 Å². The van der Waals surface area contributed by atoms with Crippen LogP contribution in [0.15, 0.2) is 12.1 Å². The fourth-order valence-corrected chi connectivity index (χ4v) is 2.71. The molecule has 1 aliphatic rings. The van der Waals surface area contributed by atoms with Crippen LogP contribution >= 0.6 is 0 Å². The Morgan fingerprint density at radius 2 is 2.19 bits per heavy atom. The minimum Gasteiger partial charge on any atom is -0.481 e. The number of anilines is 1. The molecule has 0 radical (unpaired) electrons. The minimum absolute atomic E-state index is 0.0481. The molecule has 8 heteroatoms. The lowest BCUT2D eigenvalue weighted by atomic mass is 9.93. The number of nitriles is 1. The van der Waals surface area contributed by atoms with Gasteiger partial charge in [-0.05, 0) is 18.9 Å². The van der Waals surface area contributed by atoms with Crippen molar-refractivity contribution in [3.05, 3.63) is 27.9 Å². The van der Waals surface area contributed by atoms with Crippen molar-refractivity contribution in [2.45, 2.75) is 37.6 Å². The smallest absolute Gasteiger partial charge is 0.305 e. The molecule has 2 N–H and O–H groups in total. The van der Waals surface area contributed by atoms with E-state index in [1.807, 2.05) is 0 Å². The number of nitro groups is 1. The average Bonchev–Trinajstić information content (AvgIpc) is 2.85. The molecule has 1 aliphatic carbocycles. The van der Waals surface area contributed by atoms with E-state index in [9.17, 15) is 14.9 Å². The van der Waals surface area contributed by atoms with Gasteiger partial charge < -0.3 is 10.4 Å². The third kappa shape index (κ3) is 3.25. The Balaban J connectivity index is 2.28. The second-order valence-electron chi connectivity index (χ2n) is 5.12. The topological polar surface area (TPSA) is 129 Å². The normalized spacial score (nSPS) is 16.1. The molecule has 1 aromatic rings. The first kappa shape index (κ1) is 14.7. The van der Waals surface area contributed by atoms with Crippen LogP contribution in [0.25, 0.3) is 0 Å². The summed E-state index contributed by atoms with van der Waals surface area (Å²) in [6.45, 7) is 0. The number of carbonyl (C=O) groups is 1. The molecule has 0 atom stereocenters. The third-order valence-corrected chi connectivity index (χ3v) is 3.62. The first-order valence-electron chi connectivity index (χ1n) is 6.51. The van der Waals surface area contributed by atoms with Crippen LogP contribution < -0.4 is 5.32 Å². The first-order valence-corrected chi connectivity index (χ1v) is 6.51. The number of hydrogen-bond donors (Lipinski definition) is 2. The van der Waals surface area contributed by atoms with E-state index in [0.29, 0.717) is 18.7 Å². The first-order chi connectivity index (χ1) is 9.96. The molecule has 0 unspecified atom stereocenters. The molecule has 1 fully saturated rings. The van der Waals surface area contributed by atoms with Crippen LogP contribution in [0.5, 0.6) is 0 Å². The molecule has 0 aromatic carbocycles. The molecule has 0 amide bonds. The van der Waals surface area contributed by atoms with Gasteiger partial charge in [-0.3, -0.25) is 14.9 Å². The van der Waals surface area contributed by atoms with E-state index < -0.39 is 16.4 Å². The van der Waals surface area contributed by atoms with Gasteiger partial charge >= 0.3 is 11.7 Å². The Kier molecular flexibility index (Phi) is 4.03. The Morgan fingerprint density at radius 1 is 1.52 bits per heavy atom. The van der Waals surface area contributed by atoms with Crippen molar-refractivity contribution < 1.29 is 14.8 Å². The standard InChI is InChI=1S/C13H14N4O4/c14-8-9-10(17(20)21)3-4-11(15-9)16-13(7-12(18)19)5-1-2-6-13/h3-4H,1-2,5-7H2,(H,15,16)(H,18,19). The fraction of sp³-hybridized carbons (Fsp3) is 0.462. The zero-order chi connectivity index (χ0) is 15.5. The molecular formula is C13H14N4O4. The van der Waals surface area contributed by atoms with Gasteiger partial charge in [0.05, 0.1) is 11.3 Å². The zero-order valence-electron chi connectivity index (χ0n) is 11.2. The molecular weight excluding hydrogens is 276 g/mol. The van der Waals surface area contributed by atoms with Crippen LogP contribution in [0.4, 0.5) is 11.5 Å². The van der Waals surface area contributed by atoms with Crippen LogP contribution in [0, 0.1) is 21.4 Å². The highest BCUT2D eigenvalue weighted by atomic mass is 16.6. The van der Waals surface area contributed by atoms with Crippen LogP contribution in [-0.2, 0) is 4.79 Å². The van der Waals surface area contributed by atoms with Crippen molar-refractivity contribution in [1.29, 1.82) is 5.26 Å². The summed E-state index contributed by atoms with van der Waals surface area (Å²) < 4.78 is 0. The van der Waals surface area contributed by atoms with Crippen LogP contribution in [0.3, 0.4) is 0 Å². The second-order valence-corrected chi connectivity index (χ2v) is 5.12. The Labute approximate surface area is 120 Å². The fourth-order valence-electron chi connectivity index (χ4n) is 2.71. The maximum Gasteiger partial charge on any atom is 0.305 e. The molecule has 110 valence electrons. The maximum absolute atomic E-state index is 11.0. The monoisotopic (exact) mass is 290 g/mol. The summed E-state index contributed by atoms with van der Waals surface area (Å²) in [4.78, 5) is 25.0. The number of aliphatic carboxylic acids is 1. The molecule has 0 spiro atoms. The molecule has 1 heterocycles. The van der Waals surface area contributed by atoms with Gasteiger partial charge in [0.2, 0.25) is 5.69 Å². The zero-order valence-corrected chi connectivity index (χ0v) is 11.2. The Bertz CT molecular complexity index is 617. The molecule has 0 bridgehead atoms. The summed E-state index contributed by atoms with van der Waals surface area (Å²) in [5, 5.41) is 31.8. The highest BCUT2D eigenvalue weighted by molar-refractivity contribution is 5.69. The summed E-state index contributed by atoms with van der Waals surface area (Å²) in [5.74, 6) is -0.618. The number of nitrogens with zero attached hydrogens (tertiary/aromatic N) is 3. The van der Waals surface area contributed by atoms with Crippen LogP contribution in [0.1, 0.15) is 37.8 Å². The maximum atomic E-state index is 11.0. The Hall–Kier alpha value is -2.69. The van der Waals surface area contributed by atoms with Gasteiger partial charge in [-0.1, -0.05) is 12.8 Å². The summed E-state index contributed by atoms with van der Waals surface area (Å²) >= 11 is 0. The molecule has 0 aliphatic heterocycles. The number of carboxylic acid groups (broad SMARTS) is 1. The average molecular weight is 290 g/mol. The lowest BCUT2D eigenvalue weighted by molar-refractivity contribution is -0.385. The van der Waals surface area contributed by atoms with Crippen molar-refractivity contribution >= 4 is 17.5 Å². The summed E-state index contributed by atoms with van der Waals surface area (Å²) in [5.41, 5.74) is -1.24. The van der Waals surface area contributed by atoms with Gasteiger partial charge in [-0.25, -0.2) is 4.98 Å². The highest BCUT2D eigenvalue weighted by Crippen LogP contribution is 2.36. The SMILES string of the molecule is N#Cc1nc(NC2(CC(=O)O)CCCC2)ccc1[N+](=O)[O-]. The highest BCUT2D eigenvalue weighted by Gasteiger charge is 2.36. The number of pyridine rings is 1. The van der Waals surface area contributed by atoms with Gasteiger partial charge in [0, 0.05) is 11.6 Å². The van der Waals surface area contributed by atoms with Gasteiger partial charge in [0.1, 0.15) is 11.9 Å². The summed E-state index contributed by atoms with van der Waals surface area (Å²) in [6.07, 6.45) is 3.17. The van der Waals surface area contributed by atoms with Crippen LogP contribution in [-0.4, -0.2) is 26.5 Å². The molecule has 1 aromatic heterocycles. The third-order valence-electron chi connectivity index (χ3n) is 3.62. The van der Waals surface area contributed by atoms with Crippen molar-refractivity contribution in [3.63, 3.8) is 0 Å². The van der Waals surface area contributed by atoms with E-state index in [-0.39, 0.29) is 17.8 Å². The number of aromatic nitrogens is 1. The number of nitrogens with one attached hydrogen (secondary N) is 1. The summed E-state index contributed by atoms with van der Waals surface area (Å²) in [6, 6.07) is 4.30. The van der Waals surface area contributed by atoms with E-state index in [4.69, 9.17) is 10.4 Å². The van der Waals surface area contributed by atoms with E-state index >= 15 is 0 Å². The molecule has 8 nitrogen and oxygen atoms in total. The quantitative estimate of drug-likeness (QED) is 0.627. The largest absolute Gasteiger partial charge is 0.481 e. The molecule has 1 saturated carbocycles.